The van der Waals surface area contributed by atoms with Crippen LogP contribution in [0.4, 0.5) is 5.69 Å². The summed E-state index contributed by atoms with van der Waals surface area (Å²) in [6, 6.07) is 5.40. The predicted molar refractivity (Wildman–Crippen MR) is 90.5 cm³/mol. The average Bonchev–Trinajstić information content (AvgIpc) is 2.47. The van der Waals surface area contributed by atoms with Crippen molar-refractivity contribution in [3.8, 4) is 5.75 Å². The van der Waals surface area contributed by atoms with Crippen molar-refractivity contribution in [3.05, 3.63) is 23.2 Å². The largest absolute Gasteiger partial charge is 0.495 e. The van der Waals surface area contributed by atoms with Crippen LogP contribution in [-0.2, 0) is 0 Å². The minimum atomic E-state index is 0.399. The zero-order valence-electron chi connectivity index (χ0n) is 13.0. The monoisotopic (exact) mass is 312 g/mol. The fourth-order valence-electron chi connectivity index (χ4n) is 1.97. The van der Waals surface area contributed by atoms with E-state index in [1.807, 2.05) is 6.07 Å². The summed E-state index contributed by atoms with van der Waals surface area (Å²) in [6.45, 7) is 8.21. The Bertz CT molecular complexity index is 461. The second-order valence-electron chi connectivity index (χ2n) is 4.62. The highest BCUT2D eigenvalue weighted by atomic mass is 35.5. The van der Waals surface area contributed by atoms with Crippen LogP contribution in [0.1, 0.15) is 20.3 Å². The third kappa shape index (κ3) is 6.23. The lowest BCUT2D eigenvalue weighted by molar-refractivity contribution is 0.302. The summed E-state index contributed by atoms with van der Waals surface area (Å²) in [7, 11) is 1.58. The molecule has 0 spiro atoms. The number of methoxy groups -OCH3 is 1. The Hall–Kier alpha value is -1.46. The molecule has 0 heterocycles. The Morgan fingerprint density at radius 2 is 2.10 bits per heavy atom. The molecule has 6 heteroatoms. The molecule has 0 atom stereocenters. The van der Waals surface area contributed by atoms with Crippen molar-refractivity contribution in [1.82, 2.24) is 4.90 Å². The first-order valence-electron chi connectivity index (χ1n) is 7.23. The van der Waals surface area contributed by atoms with Crippen molar-refractivity contribution in [3.63, 3.8) is 0 Å². The molecule has 0 bridgehead atoms. The molecule has 118 valence electrons. The number of nitrogens with two attached hydrogens (primary N) is 1. The topological polar surface area (TPSA) is 62.9 Å². The van der Waals surface area contributed by atoms with Crippen molar-refractivity contribution < 1.29 is 4.74 Å². The lowest BCUT2D eigenvalue weighted by Gasteiger charge is -2.16. The van der Waals surface area contributed by atoms with Gasteiger partial charge in [-0.05, 0) is 44.3 Å². The summed E-state index contributed by atoms with van der Waals surface area (Å²) >= 11 is 6.06. The second-order valence-corrected chi connectivity index (χ2v) is 5.03. The van der Waals surface area contributed by atoms with Gasteiger partial charge in [-0.2, -0.15) is 0 Å². The molecule has 0 aliphatic rings. The van der Waals surface area contributed by atoms with Crippen LogP contribution in [0.25, 0.3) is 0 Å². The van der Waals surface area contributed by atoms with Crippen LogP contribution < -0.4 is 15.8 Å². The third-order valence-electron chi connectivity index (χ3n) is 3.23. The van der Waals surface area contributed by atoms with Gasteiger partial charge in [0.1, 0.15) is 5.75 Å². The fraction of sp³-hybridized carbons (Fsp3) is 0.533. The Kier molecular flexibility index (Phi) is 7.93. The highest BCUT2D eigenvalue weighted by Gasteiger charge is 2.02. The lowest BCUT2D eigenvalue weighted by Crippen LogP contribution is -2.26. The minimum Gasteiger partial charge on any atom is -0.495 e. The van der Waals surface area contributed by atoms with Gasteiger partial charge in [0.15, 0.2) is 5.96 Å². The number of aliphatic imine (C=N–C) groups is 1. The van der Waals surface area contributed by atoms with Gasteiger partial charge in [-0.3, -0.25) is 4.99 Å². The van der Waals surface area contributed by atoms with Gasteiger partial charge in [0.05, 0.1) is 12.1 Å². The molecule has 0 radical (unpaired) electrons. The van der Waals surface area contributed by atoms with E-state index < -0.39 is 0 Å². The fourth-order valence-corrected chi connectivity index (χ4v) is 2.22. The summed E-state index contributed by atoms with van der Waals surface area (Å²) in [5.74, 6) is 1.03. The molecule has 1 aromatic rings. The zero-order chi connectivity index (χ0) is 15.7. The van der Waals surface area contributed by atoms with Crippen LogP contribution in [0.3, 0.4) is 0 Å². The van der Waals surface area contributed by atoms with E-state index >= 15 is 0 Å². The maximum absolute atomic E-state index is 6.06. The van der Waals surface area contributed by atoms with Gasteiger partial charge in [-0.1, -0.05) is 25.4 Å². The summed E-state index contributed by atoms with van der Waals surface area (Å²) in [5.41, 5.74) is 6.66. The van der Waals surface area contributed by atoms with E-state index in [-0.39, 0.29) is 0 Å². The lowest BCUT2D eigenvalue weighted by atomic mass is 10.3. The smallest absolute Gasteiger partial charge is 0.193 e. The molecule has 0 unspecified atom stereocenters. The molecule has 1 aromatic carbocycles. The Morgan fingerprint density at radius 3 is 2.67 bits per heavy atom. The molecule has 0 aromatic heterocycles. The molecular formula is C15H25ClN4O. The van der Waals surface area contributed by atoms with Gasteiger partial charge in [0, 0.05) is 12.2 Å². The van der Waals surface area contributed by atoms with Crippen LogP contribution >= 0.6 is 11.6 Å². The van der Waals surface area contributed by atoms with Crippen molar-refractivity contribution in [2.75, 3.05) is 38.6 Å². The summed E-state index contributed by atoms with van der Waals surface area (Å²) < 4.78 is 5.10. The van der Waals surface area contributed by atoms with E-state index in [0.29, 0.717) is 23.3 Å². The van der Waals surface area contributed by atoms with Crippen LogP contribution in [0.2, 0.25) is 5.02 Å². The van der Waals surface area contributed by atoms with E-state index in [1.54, 1.807) is 19.2 Å². The van der Waals surface area contributed by atoms with E-state index in [1.165, 1.54) is 0 Å². The molecule has 0 saturated heterocycles. The van der Waals surface area contributed by atoms with Crippen molar-refractivity contribution in [1.29, 1.82) is 0 Å². The van der Waals surface area contributed by atoms with Crippen LogP contribution in [0, 0.1) is 0 Å². The van der Waals surface area contributed by atoms with E-state index in [2.05, 4.69) is 29.1 Å². The Morgan fingerprint density at radius 1 is 1.38 bits per heavy atom. The molecule has 1 rings (SSSR count). The summed E-state index contributed by atoms with van der Waals surface area (Å²) in [6.07, 6.45) is 0.993. The van der Waals surface area contributed by atoms with Crippen LogP contribution in [0.15, 0.2) is 23.2 Å². The second kappa shape index (κ2) is 9.47. The Labute approximate surface area is 132 Å². The number of anilines is 1. The van der Waals surface area contributed by atoms with Gasteiger partial charge >= 0.3 is 0 Å². The number of nitrogens with one attached hydrogen (secondary N) is 1. The molecule has 0 aliphatic heterocycles. The normalized spacial score (nSPS) is 11.8. The highest BCUT2D eigenvalue weighted by Crippen LogP contribution is 2.26. The number of halogens is 1. The molecule has 0 saturated carbocycles. The molecule has 0 amide bonds. The number of hydrogen-bond donors (Lipinski definition) is 2. The summed E-state index contributed by atoms with van der Waals surface area (Å²) in [5, 5.41) is 3.56. The maximum atomic E-state index is 6.06. The van der Waals surface area contributed by atoms with Gasteiger partial charge in [0.2, 0.25) is 0 Å². The highest BCUT2D eigenvalue weighted by molar-refractivity contribution is 6.32. The number of nitrogens with zero attached hydrogens (tertiary/aromatic N) is 2. The minimum absolute atomic E-state index is 0.399. The SMILES string of the molecule is CCN(CC)CCCN=C(N)Nc1ccc(OC)c(Cl)c1. The number of ether oxygens (including phenoxy) is 1. The van der Waals surface area contributed by atoms with E-state index in [9.17, 15) is 0 Å². The van der Waals surface area contributed by atoms with Crippen molar-refractivity contribution in [2.24, 2.45) is 10.7 Å². The molecule has 0 aliphatic carbocycles. The van der Waals surface area contributed by atoms with Crippen molar-refractivity contribution in [2.45, 2.75) is 20.3 Å². The predicted octanol–water partition coefficient (Wildman–Crippen LogP) is 2.81. The van der Waals surface area contributed by atoms with Gasteiger partial charge in [0.25, 0.3) is 0 Å². The molecule has 3 N–H and O–H groups in total. The molecule has 21 heavy (non-hydrogen) atoms. The van der Waals surface area contributed by atoms with Crippen LogP contribution in [0.5, 0.6) is 5.75 Å². The average molecular weight is 313 g/mol. The van der Waals surface area contributed by atoms with E-state index in [4.69, 9.17) is 22.1 Å². The zero-order valence-corrected chi connectivity index (χ0v) is 13.8. The molecule has 0 fully saturated rings. The maximum Gasteiger partial charge on any atom is 0.193 e. The number of hydrogen-bond acceptors (Lipinski definition) is 3. The Balaban J connectivity index is 2.43. The number of guanidine groups is 1. The quantitative estimate of drug-likeness (QED) is 0.440. The van der Waals surface area contributed by atoms with Crippen LogP contribution in [-0.4, -0.2) is 44.1 Å². The third-order valence-corrected chi connectivity index (χ3v) is 3.53. The molecule has 5 nitrogen and oxygen atoms in total. The first-order chi connectivity index (χ1) is 10.1. The first-order valence-corrected chi connectivity index (χ1v) is 7.61. The van der Waals surface area contributed by atoms with Gasteiger partial charge in [-0.25, -0.2) is 0 Å². The molecular weight excluding hydrogens is 288 g/mol. The summed E-state index contributed by atoms with van der Waals surface area (Å²) in [4.78, 5) is 6.68. The van der Waals surface area contributed by atoms with Gasteiger partial charge < -0.3 is 20.7 Å². The van der Waals surface area contributed by atoms with E-state index in [0.717, 1.165) is 31.7 Å². The number of benzene rings is 1. The first kappa shape index (κ1) is 17.6. The number of rotatable bonds is 8. The van der Waals surface area contributed by atoms with Crippen molar-refractivity contribution >= 4 is 23.2 Å². The van der Waals surface area contributed by atoms with Gasteiger partial charge in [-0.15, -0.1) is 0 Å². The standard InChI is InChI=1S/C15H25ClN4O/c1-4-20(5-2)10-6-9-18-15(17)19-12-7-8-14(21-3)13(16)11-12/h7-8,11H,4-6,9-10H2,1-3H3,(H3,17,18,19).